The normalized spacial score (nSPS) is 19.7. The molecule has 0 aromatic carbocycles. The topological polar surface area (TPSA) is 66.5 Å². The highest BCUT2D eigenvalue weighted by Gasteiger charge is 2.30. The molecule has 1 aliphatic rings. The molecule has 1 aromatic heterocycles. The Morgan fingerprint density at radius 2 is 2.43 bits per heavy atom. The minimum atomic E-state index is -0.217. The Kier molecular flexibility index (Phi) is 5.96. The molecule has 6 nitrogen and oxygen atoms in total. The Morgan fingerprint density at radius 3 is 3.14 bits per heavy atom. The fraction of sp³-hybridized carbons (Fsp3) is 0.714. The van der Waals surface area contributed by atoms with Gasteiger partial charge in [0.15, 0.2) is 5.13 Å². The van der Waals surface area contributed by atoms with Crippen molar-refractivity contribution in [3.05, 3.63) is 11.1 Å². The first-order chi connectivity index (χ1) is 10.1. The van der Waals surface area contributed by atoms with Gasteiger partial charge in [-0.2, -0.15) is 0 Å². The smallest absolute Gasteiger partial charge is 0.239 e. The van der Waals surface area contributed by atoms with Crippen molar-refractivity contribution >= 4 is 22.4 Å². The van der Waals surface area contributed by atoms with Gasteiger partial charge in [0.1, 0.15) is 6.04 Å². The molecule has 0 radical (unpaired) electrons. The highest BCUT2D eigenvalue weighted by Crippen LogP contribution is 2.21. The van der Waals surface area contributed by atoms with Crippen LogP contribution in [0.3, 0.4) is 0 Å². The summed E-state index contributed by atoms with van der Waals surface area (Å²) in [5.74, 6) is 0.0427. The van der Waals surface area contributed by atoms with E-state index in [0.717, 1.165) is 29.6 Å². The number of rotatable bonds is 6. The summed E-state index contributed by atoms with van der Waals surface area (Å²) in [4.78, 5) is 19.9. The van der Waals surface area contributed by atoms with Crippen molar-refractivity contribution in [1.82, 2.24) is 15.2 Å². The van der Waals surface area contributed by atoms with Gasteiger partial charge in [0, 0.05) is 36.8 Å². The van der Waals surface area contributed by atoms with E-state index < -0.39 is 0 Å². The SMILES string of the molecule is CCNc1ncc(CN2CCOCC2C(=O)NC(C)C)s1. The van der Waals surface area contributed by atoms with Crippen LogP contribution in [0.2, 0.25) is 0 Å². The maximum Gasteiger partial charge on any atom is 0.239 e. The van der Waals surface area contributed by atoms with E-state index in [4.69, 9.17) is 4.74 Å². The van der Waals surface area contributed by atoms with Crippen molar-refractivity contribution < 1.29 is 9.53 Å². The first-order valence-corrected chi connectivity index (χ1v) is 8.22. The van der Waals surface area contributed by atoms with E-state index in [1.165, 1.54) is 0 Å². The van der Waals surface area contributed by atoms with Crippen molar-refractivity contribution in [2.24, 2.45) is 0 Å². The second kappa shape index (κ2) is 7.72. The summed E-state index contributed by atoms with van der Waals surface area (Å²) in [6, 6.07) is -0.0733. The molecule has 1 aromatic rings. The summed E-state index contributed by atoms with van der Waals surface area (Å²) in [5, 5.41) is 7.11. The average Bonchev–Trinajstić information content (AvgIpc) is 2.86. The Bertz CT molecular complexity index is 464. The van der Waals surface area contributed by atoms with Gasteiger partial charge in [0.25, 0.3) is 0 Å². The van der Waals surface area contributed by atoms with E-state index in [-0.39, 0.29) is 18.0 Å². The summed E-state index contributed by atoms with van der Waals surface area (Å²) in [6.45, 7) is 9.49. The highest BCUT2D eigenvalue weighted by atomic mass is 32.1. The van der Waals surface area contributed by atoms with Crippen LogP contribution < -0.4 is 10.6 Å². The maximum atomic E-state index is 12.3. The van der Waals surface area contributed by atoms with Crippen LogP contribution in [0.5, 0.6) is 0 Å². The lowest BCUT2D eigenvalue weighted by atomic mass is 10.2. The number of morpholine rings is 1. The van der Waals surface area contributed by atoms with Crippen LogP contribution in [0.1, 0.15) is 25.6 Å². The van der Waals surface area contributed by atoms with Gasteiger partial charge in [-0.1, -0.05) is 0 Å². The van der Waals surface area contributed by atoms with Gasteiger partial charge in [0.05, 0.1) is 13.2 Å². The van der Waals surface area contributed by atoms with E-state index in [0.29, 0.717) is 13.2 Å². The number of hydrogen-bond acceptors (Lipinski definition) is 6. The zero-order valence-corrected chi connectivity index (χ0v) is 13.7. The molecule has 2 N–H and O–H groups in total. The fourth-order valence-electron chi connectivity index (χ4n) is 2.26. The summed E-state index contributed by atoms with van der Waals surface area (Å²) in [7, 11) is 0. The largest absolute Gasteiger partial charge is 0.378 e. The van der Waals surface area contributed by atoms with Gasteiger partial charge in [-0.05, 0) is 20.8 Å². The summed E-state index contributed by atoms with van der Waals surface area (Å²) in [6.07, 6.45) is 1.88. The number of amides is 1. The molecule has 1 saturated heterocycles. The number of thiazole rings is 1. The molecule has 0 bridgehead atoms. The van der Waals surface area contributed by atoms with Crippen LogP contribution in [0.4, 0.5) is 5.13 Å². The molecule has 2 heterocycles. The van der Waals surface area contributed by atoms with Crippen LogP contribution in [0.25, 0.3) is 0 Å². The molecule has 0 saturated carbocycles. The first-order valence-electron chi connectivity index (χ1n) is 7.41. The minimum Gasteiger partial charge on any atom is -0.378 e. The van der Waals surface area contributed by atoms with Crippen molar-refractivity contribution in [2.75, 3.05) is 31.6 Å². The Hall–Kier alpha value is -1.18. The molecule has 1 aliphatic heterocycles. The predicted octanol–water partition coefficient (Wildman–Crippen LogP) is 1.30. The third-order valence-corrected chi connectivity index (χ3v) is 4.15. The monoisotopic (exact) mass is 312 g/mol. The minimum absolute atomic E-state index is 0.0427. The van der Waals surface area contributed by atoms with Crippen LogP contribution in [-0.2, 0) is 16.1 Å². The van der Waals surface area contributed by atoms with Gasteiger partial charge in [-0.3, -0.25) is 9.69 Å². The maximum absolute atomic E-state index is 12.3. The Balaban J connectivity index is 1.99. The second-order valence-corrected chi connectivity index (χ2v) is 6.50. The molecule has 21 heavy (non-hydrogen) atoms. The average molecular weight is 312 g/mol. The highest BCUT2D eigenvalue weighted by molar-refractivity contribution is 7.15. The molecule has 1 atom stereocenters. The lowest BCUT2D eigenvalue weighted by Gasteiger charge is -2.34. The number of aromatic nitrogens is 1. The molecule has 118 valence electrons. The molecule has 1 amide bonds. The van der Waals surface area contributed by atoms with Crippen molar-refractivity contribution in [2.45, 2.75) is 39.4 Å². The number of nitrogens with one attached hydrogen (secondary N) is 2. The number of nitrogens with zero attached hydrogens (tertiary/aromatic N) is 2. The number of ether oxygens (including phenoxy) is 1. The van der Waals surface area contributed by atoms with Gasteiger partial charge in [-0.15, -0.1) is 11.3 Å². The summed E-state index contributed by atoms with van der Waals surface area (Å²) >= 11 is 1.64. The van der Waals surface area contributed by atoms with E-state index in [9.17, 15) is 4.79 Å². The lowest BCUT2D eigenvalue weighted by Crippen LogP contribution is -2.54. The molecule has 1 fully saturated rings. The molecule has 1 unspecified atom stereocenters. The van der Waals surface area contributed by atoms with Gasteiger partial charge >= 0.3 is 0 Å². The number of hydrogen-bond donors (Lipinski definition) is 2. The molecule has 2 rings (SSSR count). The fourth-order valence-corrected chi connectivity index (χ4v) is 3.17. The Labute approximate surface area is 129 Å². The molecule has 7 heteroatoms. The third-order valence-electron chi connectivity index (χ3n) is 3.21. The van der Waals surface area contributed by atoms with Crippen LogP contribution in [-0.4, -0.2) is 54.2 Å². The Morgan fingerprint density at radius 1 is 1.62 bits per heavy atom. The van der Waals surface area contributed by atoms with Crippen molar-refractivity contribution in [3.8, 4) is 0 Å². The molecule has 0 aliphatic carbocycles. The number of anilines is 1. The number of carbonyl (C=O) groups excluding carboxylic acids is 1. The van der Waals surface area contributed by atoms with E-state index in [1.54, 1.807) is 11.3 Å². The van der Waals surface area contributed by atoms with Crippen LogP contribution in [0, 0.1) is 0 Å². The number of carbonyl (C=O) groups is 1. The molecular weight excluding hydrogens is 288 g/mol. The summed E-state index contributed by atoms with van der Waals surface area (Å²) in [5.41, 5.74) is 0. The lowest BCUT2D eigenvalue weighted by molar-refractivity contribution is -0.133. The standard InChI is InChI=1S/C14H24N4O2S/c1-4-15-14-16-7-11(21-14)8-18-5-6-20-9-12(18)13(19)17-10(2)3/h7,10,12H,4-6,8-9H2,1-3H3,(H,15,16)(H,17,19). The quantitative estimate of drug-likeness (QED) is 0.829. The molecular formula is C14H24N4O2S. The summed E-state index contributed by atoms with van der Waals surface area (Å²) < 4.78 is 5.47. The van der Waals surface area contributed by atoms with E-state index in [1.807, 2.05) is 20.0 Å². The van der Waals surface area contributed by atoms with E-state index >= 15 is 0 Å². The van der Waals surface area contributed by atoms with Crippen molar-refractivity contribution in [3.63, 3.8) is 0 Å². The van der Waals surface area contributed by atoms with Gasteiger partial charge < -0.3 is 15.4 Å². The zero-order valence-electron chi connectivity index (χ0n) is 12.9. The van der Waals surface area contributed by atoms with Gasteiger partial charge in [0.2, 0.25) is 5.91 Å². The molecule has 0 spiro atoms. The van der Waals surface area contributed by atoms with Crippen LogP contribution in [0.15, 0.2) is 6.20 Å². The predicted molar refractivity (Wildman–Crippen MR) is 84.6 cm³/mol. The van der Waals surface area contributed by atoms with Gasteiger partial charge in [-0.25, -0.2) is 4.98 Å². The first kappa shape index (κ1) is 16.2. The second-order valence-electron chi connectivity index (χ2n) is 5.39. The third kappa shape index (κ3) is 4.66. The zero-order chi connectivity index (χ0) is 15.2. The van der Waals surface area contributed by atoms with Crippen molar-refractivity contribution in [1.29, 1.82) is 0 Å². The van der Waals surface area contributed by atoms with Crippen LogP contribution >= 0.6 is 11.3 Å². The van der Waals surface area contributed by atoms with E-state index in [2.05, 4.69) is 27.4 Å².